The molecule has 2 aromatic carbocycles. The third-order valence-electron chi connectivity index (χ3n) is 3.18. The molecule has 1 heterocycles. The number of aromatic hydroxyl groups is 2. The number of nitrogens with one attached hydrogen (secondary N) is 1. The summed E-state index contributed by atoms with van der Waals surface area (Å²) in [4.78, 5) is 3.20. The van der Waals surface area contributed by atoms with Crippen LogP contribution in [0.5, 0.6) is 11.5 Å². The standard InChI is InChI=1S/C15H13NO2/c1-9-6-10(7-14(17)15(9)18)12-8-16-13-5-3-2-4-11(12)13/h2-8,16-18H,1H3. The first-order valence-electron chi connectivity index (χ1n) is 5.76. The van der Waals surface area contributed by atoms with E-state index in [1.165, 1.54) is 0 Å². The average Bonchev–Trinajstić information content (AvgIpc) is 2.79. The third kappa shape index (κ3) is 1.52. The smallest absolute Gasteiger partial charge is 0.160 e. The topological polar surface area (TPSA) is 56.2 Å². The second kappa shape index (κ2) is 3.81. The Labute approximate surface area is 104 Å². The first kappa shape index (κ1) is 10.7. The minimum atomic E-state index is -0.0877. The Morgan fingerprint density at radius 2 is 1.83 bits per heavy atom. The van der Waals surface area contributed by atoms with Gasteiger partial charge in [-0.3, -0.25) is 0 Å². The van der Waals surface area contributed by atoms with Crippen molar-refractivity contribution in [1.29, 1.82) is 0 Å². The lowest BCUT2D eigenvalue weighted by Crippen LogP contribution is -1.81. The van der Waals surface area contributed by atoms with Crippen molar-refractivity contribution >= 4 is 10.9 Å². The molecule has 3 aromatic rings. The van der Waals surface area contributed by atoms with Crippen molar-refractivity contribution < 1.29 is 10.2 Å². The fraction of sp³-hybridized carbons (Fsp3) is 0.0667. The Morgan fingerprint density at radius 3 is 2.61 bits per heavy atom. The molecule has 90 valence electrons. The zero-order valence-electron chi connectivity index (χ0n) is 9.94. The molecule has 0 fully saturated rings. The third-order valence-corrected chi connectivity index (χ3v) is 3.18. The summed E-state index contributed by atoms with van der Waals surface area (Å²) in [5.41, 5.74) is 3.62. The largest absolute Gasteiger partial charge is 0.504 e. The van der Waals surface area contributed by atoms with Crippen LogP contribution >= 0.6 is 0 Å². The lowest BCUT2D eigenvalue weighted by molar-refractivity contribution is 0.401. The van der Waals surface area contributed by atoms with Crippen molar-refractivity contribution in [1.82, 2.24) is 4.98 Å². The number of aromatic nitrogens is 1. The second-order valence-electron chi connectivity index (χ2n) is 4.41. The van der Waals surface area contributed by atoms with Crippen LogP contribution in [0.25, 0.3) is 22.0 Å². The fourth-order valence-electron chi connectivity index (χ4n) is 2.23. The van der Waals surface area contributed by atoms with Crippen LogP contribution in [0.3, 0.4) is 0 Å². The predicted molar refractivity (Wildman–Crippen MR) is 71.8 cm³/mol. The van der Waals surface area contributed by atoms with Crippen LogP contribution < -0.4 is 0 Å². The van der Waals surface area contributed by atoms with Gasteiger partial charge in [-0.15, -0.1) is 0 Å². The number of phenolic OH excluding ortho intramolecular Hbond substituents is 2. The number of hydrogen-bond donors (Lipinski definition) is 3. The highest BCUT2D eigenvalue weighted by Crippen LogP contribution is 2.36. The molecule has 0 aliphatic rings. The van der Waals surface area contributed by atoms with Gasteiger partial charge >= 0.3 is 0 Å². The maximum atomic E-state index is 9.69. The average molecular weight is 239 g/mol. The lowest BCUT2D eigenvalue weighted by Gasteiger charge is -2.06. The second-order valence-corrected chi connectivity index (χ2v) is 4.41. The molecule has 3 nitrogen and oxygen atoms in total. The van der Waals surface area contributed by atoms with E-state index in [0.717, 1.165) is 22.0 Å². The quantitative estimate of drug-likeness (QED) is 0.569. The molecule has 0 unspecified atom stereocenters. The number of hydrogen-bond acceptors (Lipinski definition) is 2. The van der Waals surface area contributed by atoms with Crippen LogP contribution in [0.4, 0.5) is 0 Å². The Balaban J connectivity index is 2.26. The SMILES string of the molecule is Cc1cc(-c2c[nH]c3ccccc23)cc(O)c1O. The molecule has 3 rings (SSSR count). The zero-order chi connectivity index (χ0) is 12.7. The van der Waals surface area contributed by atoms with Gasteiger partial charge in [0.1, 0.15) is 0 Å². The van der Waals surface area contributed by atoms with Crippen molar-refractivity contribution in [2.45, 2.75) is 6.92 Å². The molecule has 1 aromatic heterocycles. The van der Waals surface area contributed by atoms with E-state index in [1.807, 2.05) is 36.5 Å². The first-order chi connectivity index (χ1) is 8.66. The lowest BCUT2D eigenvalue weighted by atomic mass is 10.0. The van der Waals surface area contributed by atoms with Gasteiger partial charge in [0.25, 0.3) is 0 Å². The van der Waals surface area contributed by atoms with Crippen LogP contribution in [0.15, 0.2) is 42.6 Å². The maximum absolute atomic E-state index is 9.69. The van der Waals surface area contributed by atoms with E-state index in [9.17, 15) is 10.2 Å². The summed E-state index contributed by atoms with van der Waals surface area (Å²) in [6.07, 6.45) is 1.91. The van der Waals surface area contributed by atoms with E-state index in [1.54, 1.807) is 13.0 Å². The van der Waals surface area contributed by atoms with Crippen molar-refractivity contribution in [3.8, 4) is 22.6 Å². The summed E-state index contributed by atoms with van der Waals surface area (Å²) in [6.45, 7) is 1.77. The molecule has 0 bridgehead atoms. The first-order valence-corrected chi connectivity index (χ1v) is 5.76. The Morgan fingerprint density at radius 1 is 1.06 bits per heavy atom. The van der Waals surface area contributed by atoms with Gasteiger partial charge in [-0.2, -0.15) is 0 Å². The molecule has 0 saturated heterocycles. The number of H-pyrrole nitrogens is 1. The number of aromatic amines is 1. The van der Waals surface area contributed by atoms with Crippen molar-refractivity contribution in [2.75, 3.05) is 0 Å². The van der Waals surface area contributed by atoms with Crippen LogP contribution in [-0.4, -0.2) is 15.2 Å². The van der Waals surface area contributed by atoms with E-state index in [4.69, 9.17) is 0 Å². The molecular weight excluding hydrogens is 226 g/mol. The highest BCUT2D eigenvalue weighted by atomic mass is 16.3. The molecule has 0 saturated carbocycles. The van der Waals surface area contributed by atoms with Crippen molar-refractivity contribution in [2.24, 2.45) is 0 Å². The summed E-state index contributed by atoms with van der Waals surface area (Å²) < 4.78 is 0. The van der Waals surface area contributed by atoms with Crippen LogP contribution in [0.2, 0.25) is 0 Å². The number of benzene rings is 2. The van der Waals surface area contributed by atoms with E-state index in [-0.39, 0.29) is 11.5 Å². The molecule has 3 heteroatoms. The normalized spacial score (nSPS) is 10.9. The number of aryl methyl sites for hydroxylation is 1. The minimum Gasteiger partial charge on any atom is -0.504 e. The van der Waals surface area contributed by atoms with Crippen molar-refractivity contribution in [3.05, 3.63) is 48.2 Å². The molecule has 0 spiro atoms. The summed E-state index contributed by atoms with van der Waals surface area (Å²) in [7, 11) is 0. The maximum Gasteiger partial charge on any atom is 0.160 e. The molecule has 0 radical (unpaired) electrons. The molecule has 18 heavy (non-hydrogen) atoms. The molecule has 0 atom stereocenters. The van der Waals surface area contributed by atoms with Gasteiger partial charge in [0.05, 0.1) is 0 Å². The van der Waals surface area contributed by atoms with Gasteiger partial charge in [-0.05, 0) is 36.2 Å². The van der Waals surface area contributed by atoms with Gasteiger partial charge in [0, 0.05) is 22.7 Å². The Bertz CT molecular complexity index is 705. The number of phenols is 2. The predicted octanol–water partition coefficient (Wildman–Crippen LogP) is 3.55. The van der Waals surface area contributed by atoms with E-state index in [0.29, 0.717) is 5.56 Å². The highest BCUT2D eigenvalue weighted by Gasteiger charge is 2.10. The Kier molecular flexibility index (Phi) is 2.27. The summed E-state index contributed by atoms with van der Waals surface area (Å²) in [5, 5.41) is 20.4. The molecule has 0 aliphatic heterocycles. The monoisotopic (exact) mass is 239 g/mol. The van der Waals surface area contributed by atoms with Gasteiger partial charge < -0.3 is 15.2 Å². The van der Waals surface area contributed by atoms with E-state index >= 15 is 0 Å². The summed E-state index contributed by atoms with van der Waals surface area (Å²) in [5.74, 6) is -0.145. The van der Waals surface area contributed by atoms with Gasteiger partial charge in [0.15, 0.2) is 11.5 Å². The van der Waals surface area contributed by atoms with Gasteiger partial charge in [-0.25, -0.2) is 0 Å². The molecular formula is C15H13NO2. The molecule has 0 amide bonds. The van der Waals surface area contributed by atoms with E-state index in [2.05, 4.69) is 4.98 Å². The summed E-state index contributed by atoms with van der Waals surface area (Å²) >= 11 is 0. The molecule has 3 N–H and O–H groups in total. The summed E-state index contributed by atoms with van der Waals surface area (Å²) in [6, 6.07) is 11.4. The zero-order valence-corrected chi connectivity index (χ0v) is 9.94. The number of rotatable bonds is 1. The van der Waals surface area contributed by atoms with Gasteiger partial charge in [0.2, 0.25) is 0 Å². The van der Waals surface area contributed by atoms with Crippen molar-refractivity contribution in [3.63, 3.8) is 0 Å². The minimum absolute atomic E-state index is 0.0569. The highest BCUT2D eigenvalue weighted by molar-refractivity contribution is 5.95. The van der Waals surface area contributed by atoms with Crippen LogP contribution in [0, 0.1) is 6.92 Å². The Hall–Kier alpha value is -2.42. The molecule has 0 aliphatic carbocycles. The number of para-hydroxylation sites is 1. The van der Waals surface area contributed by atoms with E-state index < -0.39 is 0 Å². The number of fused-ring (bicyclic) bond motifs is 1. The van der Waals surface area contributed by atoms with Crippen LogP contribution in [0.1, 0.15) is 5.56 Å². The van der Waals surface area contributed by atoms with Crippen LogP contribution in [-0.2, 0) is 0 Å². The fourth-order valence-corrected chi connectivity index (χ4v) is 2.23. The van der Waals surface area contributed by atoms with Gasteiger partial charge in [-0.1, -0.05) is 18.2 Å².